The standard InChI is InChI=1S/C27H34N4O3/c32-24(15-22-26(33)31(27(34)28-22)16-18-7-2-1-3-8-18)30-12-6-9-19-13-20-14-21(25(19)30)17-29-11-5-4-10-23(20)29/h1-3,7-8,13,20-23,25H,4-6,9-12,14-17H2,(H,28,34)/t20-,21-,22-,23-,25+/m0/s1. The van der Waals surface area contributed by atoms with Gasteiger partial charge < -0.3 is 10.2 Å². The second kappa shape index (κ2) is 8.84. The van der Waals surface area contributed by atoms with E-state index in [1.54, 1.807) is 0 Å². The van der Waals surface area contributed by atoms with E-state index in [-0.39, 0.29) is 30.8 Å². The second-order valence-corrected chi connectivity index (χ2v) is 10.7. The minimum atomic E-state index is -0.771. The Hall–Kier alpha value is -2.67. The van der Waals surface area contributed by atoms with Crippen molar-refractivity contribution in [1.29, 1.82) is 0 Å². The molecule has 5 atom stereocenters. The number of urea groups is 1. The number of likely N-dealkylation sites (tertiary alicyclic amines) is 1. The lowest BCUT2D eigenvalue weighted by Crippen LogP contribution is -2.60. The van der Waals surface area contributed by atoms with Crippen molar-refractivity contribution in [2.75, 3.05) is 19.6 Å². The molecule has 4 heterocycles. The van der Waals surface area contributed by atoms with Crippen LogP contribution in [0.1, 0.15) is 50.5 Å². The van der Waals surface area contributed by atoms with E-state index in [9.17, 15) is 14.4 Å². The Morgan fingerprint density at radius 2 is 1.91 bits per heavy atom. The molecule has 1 aromatic rings. The van der Waals surface area contributed by atoms with Crippen LogP contribution in [0.25, 0.3) is 0 Å². The maximum Gasteiger partial charge on any atom is 0.325 e. The number of hydrogen-bond donors (Lipinski definition) is 1. The summed E-state index contributed by atoms with van der Waals surface area (Å²) in [7, 11) is 0. The number of nitrogens with zero attached hydrogens (tertiary/aromatic N) is 3. The molecule has 5 aliphatic rings. The number of piperidine rings is 3. The molecule has 2 bridgehead atoms. The minimum Gasteiger partial charge on any atom is -0.336 e. The number of carbonyl (C=O) groups is 3. The summed E-state index contributed by atoms with van der Waals surface area (Å²) in [5, 5.41) is 2.76. The molecule has 180 valence electrons. The first-order valence-corrected chi connectivity index (χ1v) is 13.0. The van der Waals surface area contributed by atoms with Gasteiger partial charge in [-0.2, -0.15) is 0 Å². The second-order valence-electron chi connectivity index (χ2n) is 10.7. The Bertz CT molecular complexity index is 1010. The topological polar surface area (TPSA) is 73.0 Å². The molecule has 0 unspecified atom stereocenters. The zero-order valence-electron chi connectivity index (χ0n) is 19.7. The average Bonchev–Trinajstić information content (AvgIpc) is 3.11. The van der Waals surface area contributed by atoms with E-state index in [0.29, 0.717) is 17.9 Å². The van der Waals surface area contributed by atoms with Gasteiger partial charge in [-0.3, -0.25) is 19.4 Å². The third-order valence-electron chi connectivity index (χ3n) is 8.65. The van der Waals surface area contributed by atoms with Crippen molar-refractivity contribution in [3.05, 3.63) is 47.5 Å². The van der Waals surface area contributed by atoms with Crippen LogP contribution in [0, 0.1) is 11.8 Å². The Labute approximate surface area is 201 Å². The molecular formula is C27H34N4O3. The number of hydrogen-bond acceptors (Lipinski definition) is 4. The van der Waals surface area contributed by atoms with E-state index < -0.39 is 12.1 Å². The fourth-order valence-corrected chi connectivity index (χ4v) is 7.18. The summed E-state index contributed by atoms with van der Waals surface area (Å²) in [6.07, 6.45) is 9.70. The number of nitrogens with one attached hydrogen (secondary N) is 1. The van der Waals surface area contributed by atoms with Crippen molar-refractivity contribution in [3.63, 3.8) is 0 Å². The lowest BCUT2D eigenvalue weighted by Gasteiger charge is -2.54. The van der Waals surface area contributed by atoms with Gasteiger partial charge in [0.15, 0.2) is 0 Å². The lowest BCUT2D eigenvalue weighted by atomic mass is 9.68. The minimum absolute atomic E-state index is 0.00460. The van der Waals surface area contributed by atoms with Gasteiger partial charge >= 0.3 is 6.03 Å². The summed E-state index contributed by atoms with van der Waals surface area (Å²) in [5.41, 5.74) is 2.34. The van der Waals surface area contributed by atoms with Crippen molar-refractivity contribution in [2.45, 2.75) is 69.6 Å². The van der Waals surface area contributed by atoms with Gasteiger partial charge in [0, 0.05) is 19.1 Å². The maximum absolute atomic E-state index is 13.5. The average molecular weight is 463 g/mol. The fraction of sp³-hybridized carbons (Fsp3) is 0.593. The van der Waals surface area contributed by atoms with Gasteiger partial charge in [-0.1, -0.05) is 48.4 Å². The van der Waals surface area contributed by atoms with Gasteiger partial charge in [0.25, 0.3) is 5.91 Å². The van der Waals surface area contributed by atoms with Crippen LogP contribution in [0.2, 0.25) is 0 Å². The number of rotatable bonds is 4. The molecule has 0 aromatic heterocycles. The Morgan fingerprint density at radius 3 is 2.76 bits per heavy atom. The Morgan fingerprint density at radius 1 is 1.06 bits per heavy atom. The summed E-state index contributed by atoms with van der Waals surface area (Å²) in [6.45, 7) is 3.24. The number of imide groups is 1. The van der Waals surface area contributed by atoms with Crippen molar-refractivity contribution >= 4 is 17.8 Å². The summed E-state index contributed by atoms with van der Waals surface area (Å²) >= 11 is 0. The molecule has 4 saturated heterocycles. The highest BCUT2D eigenvalue weighted by Crippen LogP contribution is 2.45. The normalized spacial score (nSPS) is 33.2. The highest BCUT2D eigenvalue weighted by Gasteiger charge is 2.48. The third-order valence-corrected chi connectivity index (χ3v) is 8.65. The van der Waals surface area contributed by atoms with Crippen LogP contribution in [0.3, 0.4) is 0 Å². The van der Waals surface area contributed by atoms with E-state index in [1.807, 2.05) is 35.2 Å². The van der Waals surface area contributed by atoms with Crippen LogP contribution in [-0.4, -0.2) is 70.3 Å². The quantitative estimate of drug-likeness (QED) is 0.552. The molecule has 1 aliphatic carbocycles. The zero-order chi connectivity index (χ0) is 23.2. The largest absolute Gasteiger partial charge is 0.336 e. The summed E-state index contributed by atoms with van der Waals surface area (Å²) in [6, 6.07) is 9.15. The van der Waals surface area contributed by atoms with Gasteiger partial charge in [0.05, 0.1) is 19.0 Å². The first-order valence-electron chi connectivity index (χ1n) is 13.0. The Balaban J connectivity index is 1.16. The highest BCUT2D eigenvalue weighted by molar-refractivity contribution is 6.05. The molecule has 1 N–H and O–H groups in total. The molecule has 0 saturated carbocycles. The van der Waals surface area contributed by atoms with Gasteiger partial charge in [0.2, 0.25) is 5.91 Å². The van der Waals surface area contributed by atoms with Crippen LogP contribution in [0.4, 0.5) is 4.79 Å². The van der Waals surface area contributed by atoms with Crippen molar-refractivity contribution in [1.82, 2.24) is 20.0 Å². The lowest BCUT2D eigenvalue weighted by molar-refractivity contribution is -0.139. The molecule has 7 heteroatoms. The van der Waals surface area contributed by atoms with Crippen molar-refractivity contribution < 1.29 is 14.4 Å². The van der Waals surface area contributed by atoms with E-state index >= 15 is 0 Å². The molecule has 4 amide bonds. The molecule has 0 radical (unpaired) electrons. The number of carbonyl (C=O) groups excluding carboxylic acids is 3. The maximum atomic E-state index is 13.5. The van der Waals surface area contributed by atoms with Gasteiger partial charge in [0.1, 0.15) is 6.04 Å². The van der Waals surface area contributed by atoms with Crippen molar-refractivity contribution in [3.8, 4) is 0 Å². The van der Waals surface area contributed by atoms with Crippen LogP contribution in [-0.2, 0) is 16.1 Å². The third kappa shape index (κ3) is 3.84. The van der Waals surface area contributed by atoms with E-state index in [2.05, 4.69) is 16.3 Å². The zero-order valence-corrected chi connectivity index (χ0v) is 19.7. The summed E-state index contributed by atoms with van der Waals surface area (Å²) < 4.78 is 0. The molecule has 4 aliphatic heterocycles. The number of fused-ring (bicyclic) bond motifs is 6. The summed E-state index contributed by atoms with van der Waals surface area (Å²) in [5.74, 6) is 0.803. The van der Waals surface area contributed by atoms with Gasteiger partial charge in [-0.25, -0.2) is 4.79 Å². The Kier molecular flexibility index (Phi) is 5.68. The van der Waals surface area contributed by atoms with Crippen LogP contribution in [0.15, 0.2) is 42.0 Å². The van der Waals surface area contributed by atoms with Crippen LogP contribution >= 0.6 is 0 Å². The molecule has 0 spiro atoms. The number of amides is 4. The first-order chi connectivity index (χ1) is 16.6. The molecule has 4 fully saturated rings. The predicted octanol–water partition coefficient (Wildman–Crippen LogP) is 2.92. The van der Waals surface area contributed by atoms with Crippen LogP contribution in [0.5, 0.6) is 0 Å². The van der Waals surface area contributed by atoms with Crippen molar-refractivity contribution in [2.24, 2.45) is 11.8 Å². The summed E-state index contributed by atoms with van der Waals surface area (Å²) in [4.78, 5) is 45.0. The smallest absolute Gasteiger partial charge is 0.325 e. The number of benzene rings is 1. The molecule has 1 aromatic carbocycles. The van der Waals surface area contributed by atoms with Gasteiger partial charge in [-0.05, 0) is 56.0 Å². The van der Waals surface area contributed by atoms with E-state index in [1.165, 1.54) is 42.7 Å². The molecular weight excluding hydrogens is 428 g/mol. The molecule has 34 heavy (non-hydrogen) atoms. The predicted molar refractivity (Wildman–Crippen MR) is 128 cm³/mol. The van der Waals surface area contributed by atoms with Crippen LogP contribution < -0.4 is 5.32 Å². The van der Waals surface area contributed by atoms with E-state index in [0.717, 1.165) is 31.5 Å². The van der Waals surface area contributed by atoms with E-state index in [4.69, 9.17) is 0 Å². The fourth-order valence-electron chi connectivity index (χ4n) is 7.18. The molecule has 7 nitrogen and oxygen atoms in total. The van der Waals surface area contributed by atoms with Gasteiger partial charge in [-0.15, -0.1) is 0 Å². The SMILES string of the molecule is O=C1N[C@@H](CC(=O)N2CCCC3=C[C@H]4C[C@@H](CN5CCCC[C@@H]45)[C@@H]32)C(=O)N1Cc1ccccc1. The monoisotopic (exact) mass is 462 g/mol. The first kappa shape index (κ1) is 21.8. The molecule has 6 rings (SSSR count). The highest BCUT2D eigenvalue weighted by atomic mass is 16.2.